The smallest absolute Gasteiger partial charge is 0.226 e. The third-order valence-corrected chi connectivity index (χ3v) is 5.72. The number of para-hydroxylation sites is 1. The molecule has 1 saturated heterocycles. The van der Waals surface area contributed by atoms with Crippen LogP contribution < -0.4 is 10.2 Å². The Kier molecular flexibility index (Phi) is 5.87. The predicted molar refractivity (Wildman–Crippen MR) is 119 cm³/mol. The molecule has 154 valence electrons. The van der Waals surface area contributed by atoms with E-state index in [4.69, 9.17) is 11.6 Å². The lowest BCUT2D eigenvalue weighted by atomic mass is 10.1. The zero-order valence-electron chi connectivity index (χ0n) is 17.3. The van der Waals surface area contributed by atoms with Crippen LogP contribution in [0.1, 0.15) is 32.4 Å². The van der Waals surface area contributed by atoms with Crippen molar-refractivity contribution in [3.05, 3.63) is 41.4 Å². The Labute approximate surface area is 176 Å². The quantitative estimate of drug-likeness (QED) is 0.620. The van der Waals surface area contributed by atoms with E-state index in [1.165, 1.54) is 11.3 Å². The maximum absolute atomic E-state index is 6.20. The summed E-state index contributed by atoms with van der Waals surface area (Å²) in [5, 5.41) is 3.68. The first-order chi connectivity index (χ1) is 14.1. The van der Waals surface area contributed by atoms with Crippen LogP contribution in [0.25, 0.3) is 11.2 Å². The summed E-state index contributed by atoms with van der Waals surface area (Å²) in [6.07, 6.45) is 1.80. The first kappa shape index (κ1) is 19.9. The number of aromatic nitrogens is 4. The monoisotopic (exact) mass is 413 g/mol. The second-order valence-corrected chi connectivity index (χ2v) is 8.00. The van der Waals surface area contributed by atoms with Crippen LogP contribution in [0.3, 0.4) is 0 Å². The van der Waals surface area contributed by atoms with Crippen LogP contribution in [0, 0.1) is 0 Å². The van der Waals surface area contributed by atoms with Crippen molar-refractivity contribution >= 4 is 34.3 Å². The Morgan fingerprint density at radius 2 is 1.86 bits per heavy atom. The molecule has 4 rings (SSSR count). The van der Waals surface area contributed by atoms with Gasteiger partial charge in [0.1, 0.15) is 0 Å². The van der Waals surface area contributed by atoms with Gasteiger partial charge in [-0.3, -0.25) is 0 Å². The fraction of sp³-hybridized carbons (Fsp3) is 0.476. The number of imidazole rings is 1. The Morgan fingerprint density at radius 3 is 2.59 bits per heavy atom. The Morgan fingerprint density at radius 1 is 1.10 bits per heavy atom. The van der Waals surface area contributed by atoms with Gasteiger partial charge >= 0.3 is 0 Å². The highest BCUT2D eigenvalue weighted by Gasteiger charge is 2.19. The number of halogens is 1. The zero-order chi connectivity index (χ0) is 20.4. The van der Waals surface area contributed by atoms with E-state index in [0.29, 0.717) is 12.4 Å². The number of piperazine rings is 1. The molecule has 0 aliphatic carbocycles. The average Bonchev–Trinajstić information content (AvgIpc) is 3.16. The van der Waals surface area contributed by atoms with Crippen LogP contribution in [0.5, 0.6) is 0 Å². The number of benzene rings is 1. The van der Waals surface area contributed by atoms with Gasteiger partial charge in [0.05, 0.1) is 6.33 Å². The second kappa shape index (κ2) is 8.55. The lowest BCUT2D eigenvalue weighted by Crippen LogP contribution is -2.46. The average molecular weight is 414 g/mol. The summed E-state index contributed by atoms with van der Waals surface area (Å²) < 4.78 is 2.01. The minimum atomic E-state index is 0.228. The molecule has 0 saturated carbocycles. The topological polar surface area (TPSA) is 62.1 Å². The van der Waals surface area contributed by atoms with Gasteiger partial charge in [0, 0.05) is 44.5 Å². The molecule has 3 aromatic rings. The van der Waals surface area contributed by atoms with Crippen LogP contribution in [-0.4, -0.2) is 57.1 Å². The van der Waals surface area contributed by atoms with Crippen molar-refractivity contribution < 1.29 is 0 Å². The Balaban J connectivity index is 1.56. The van der Waals surface area contributed by atoms with Crippen LogP contribution in [-0.2, 0) is 6.54 Å². The van der Waals surface area contributed by atoms with Gasteiger partial charge in [-0.05, 0) is 43.6 Å². The van der Waals surface area contributed by atoms with Crippen molar-refractivity contribution in [2.45, 2.75) is 33.4 Å². The standard InChI is InChI=1S/C21H28ClN7/c1-4-27-9-11-28(12-10-27)17-8-6-5-7-16(17)13-23-19-18-20(26-21(22)25-19)29(14-24-18)15(2)3/h5-8,14-15H,4,9-13H2,1-3H3,(H,23,25,26). The second-order valence-electron chi connectivity index (χ2n) is 7.66. The summed E-state index contributed by atoms with van der Waals surface area (Å²) in [5.74, 6) is 0.671. The van der Waals surface area contributed by atoms with E-state index in [2.05, 4.69) is 75.1 Å². The molecule has 1 aliphatic heterocycles. The van der Waals surface area contributed by atoms with Crippen LogP contribution in [0.2, 0.25) is 5.28 Å². The van der Waals surface area contributed by atoms with Gasteiger partial charge in [-0.1, -0.05) is 25.1 Å². The number of hydrogen-bond donors (Lipinski definition) is 1. The van der Waals surface area contributed by atoms with Crippen molar-refractivity contribution in [1.82, 2.24) is 24.4 Å². The molecule has 0 amide bonds. The summed E-state index contributed by atoms with van der Waals surface area (Å²) >= 11 is 6.20. The number of nitrogens with zero attached hydrogens (tertiary/aromatic N) is 6. The van der Waals surface area contributed by atoms with Crippen LogP contribution in [0.15, 0.2) is 30.6 Å². The van der Waals surface area contributed by atoms with Crippen molar-refractivity contribution in [2.24, 2.45) is 0 Å². The Hall–Kier alpha value is -2.38. The molecule has 3 heterocycles. The van der Waals surface area contributed by atoms with Crippen LogP contribution >= 0.6 is 11.6 Å². The maximum atomic E-state index is 6.20. The number of fused-ring (bicyclic) bond motifs is 1. The molecule has 8 heteroatoms. The maximum Gasteiger partial charge on any atom is 0.226 e. The normalized spacial score (nSPS) is 15.4. The zero-order valence-corrected chi connectivity index (χ0v) is 18.0. The van der Waals surface area contributed by atoms with Gasteiger partial charge in [-0.2, -0.15) is 9.97 Å². The molecular weight excluding hydrogens is 386 g/mol. The number of hydrogen-bond acceptors (Lipinski definition) is 6. The molecule has 29 heavy (non-hydrogen) atoms. The van der Waals surface area contributed by atoms with E-state index < -0.39 is 0 Å². The van der Waals surface area contributed by atoms with Gasteiger partial charge in [0.2, 0.25) is 5.28 Å². The van der Waals surface area contributed by atoms with Gasteiger partial charge < -0.3 is 19.7 Å². The SMILES string of the molecule is CCN1CCN(c2ccccc2CNc2nc(Cl)nc3c2ncn3C(C)C)CC1. The van der Waals surface area contributed by atoms with E-state index in [1.807, 2.05) is 4.57 Å². The molecule has 0 bridgehead atoms. The summed E-state index contributed by atoms with van der Waals surface area (Å²) in [4.78, 5) is 18.3. The van der Waals surface area contributed by atoms with Crippen molar-refractivity contribution in [3.8, 4) is 0 Å². The molecule has 0 spiro atoms. The number of rotatable bonds is 6. The highest BCUT2D eigenvalue weighted by Crippen LogP contribution is 2.26. The first-order valence-corrected chi connectivity index (χ1v) is 10.6. The summed E-state index contributed by atoms with van der Waals surface area (Å²) in [6.45, 7) is 12.5. The lowest BCUT2D eigenvalue weighted by Gasteiger charge is -2.36. The Bertz CT molecular complexity index is 976. The highest BCUT2D eigenvalue weighted by atomic mass is 35.5. The third-order valence-electron chi connectivity index (χ3n) is 5.55. The number of likely N-dealkylation sites (N-methyl/N-ethyl adjacent to an activating group) is 1. The summed E-state index contributed by atoms with van der Waals surface area (Å²) in [7, 11) is 0. The minimum absolute atomic E-state index is 0.228. The molecule has 1 fully saturated rings. The van der Waals surface area contributed by atoms with Gasteiger partial charge in [0.25, 0.3) is 0 Å². The van der Waals surface area contributed by atoms with Crippen LogP contribution in [0.4, 0.5) is 11.5 Å². The van der Waals surface area contributed by atoms with Gasteiger partial charge in [-0.25, -0.2) is 4.98 Å². The molecule has 1 N–H and O–H groups in total. The van der Waals surface area contributed by atoms with Crippen molar-refractivity contribution in [2.75, 3.05) is 42.9 Å². The van der Waals surface area contributed by atoms with E-state index in [0.717, 1.165) is 43.9 Å². The largest absolute Gasteiger partial charge is 0.369 e. The molecular formula is C21H28ClN7. The van der Waals surface area contributed by atoms with E-state index >= 15 is 0 Å². The minimum Gasteiger partial charge on any atom is -0.369 e. The fourth-order valence-corrected chi connectivity index (χ4v) is 4.01. The summed E-state index contributed by atoms with van der Waals surface area (Å²) in [5.41, 5.74) is 4.02. The molecule has 0 unspecified atom stereocenters. The number of anilines is 2. The lowest BCUT2D eigenvalue weighted by molar-refractivity contribution is 0.271. The molecule has 0 atom stereocenters. The fourth-order valence-electron chi connectivity index (χ4n) is 3.84. The number of nitrogens with one attached hydrogen (secondary N) is 1. The molecule has 0 radical (unpaired) electrons. The molecule has 1 aromatic carbocycles. The first-order valence-electron chi connectivity index (χ1n) is 10.3. The van der Waals surface area contributed by atoms with Gasteiger partial charge in [0.15, 0.2) is 17.0 Å². The molecule has 7 nitrogen and oxygen atoms in total. The highest BCUT2D eigenvalue weighted by molar-refractivity contribution is 6.28. The van der Waals surface area contributed by atoms with Crippen molar-refractivity contribution in [1.29, 1.82) is 0 Å². The van der Waals surface area contributed by atoms with Crippen molar-refractivity contribution in [3.63, 3.8) is 0 Å². The predicted octanol–water partition coefficient (Wildman–Crippen LogP) is 3.81. The summed E-state index contributed by atoms with van der Waals surface area (Å²) in [6, 6.07) is 8.81. The van der Waals surface area contributed by atoms with Gasteiger partial charge in [-0.15, -0.1) is 0 Å². The van der Waals surface area contributed by atoms with E-state index in [1.54, 1.807) is 6.33 Å². The molecule has 1 aliphatic rings. The third kappa shape index (κ3) is 4.16. The van der Waals surface area contributed by atoms with E-state index in [9.17, 15) is 0 Å². The molecule has 2 aromatic heterocycles. The van der Waals surface area contributed by atoms with E-state index in [-0.39, 0.29) is 11.3 Å².